The lowest BCUT2D eigenvalue weighted by Gasteiger charge is -2.18. The van der Waals surface area contributed by atoms with E-state index >= 15 is 0 Å². The smallest absolute Gasteiger partial charge is 0.164 e. The van der Waals surface area contributed by atoms with Gasteiger partial charge in [0.2, 0.25) is 0 Å². The van der Waals surface area contributed by atoms with Crippen molar-refractivity contribution in [2.75, 3.05) is 13.2 Å². The van der Waals surface area contributed by atoms with E-state index in [1.54, 1.807) is 0 Å². The van der Waals surface area contributed by atoms with Gasteiger partial charge in [0, 0.05) is 6.04 Å². The number of rotatable bonds is 7. The monoisotopic (exact) mass is 311 g/mol. The Morgan fingerprint density at radius 2 is 1.91 bits per heavy atom. The van der Waals surface area contributed by atoms with Crippen molar-refractivity contribution in [3.05, 3.63) is 59.7 Å². The Labute approximate surface area is 138 Å². The lowest BCUT2D eigenvalue weighted by atomic mass is 10.0. The second-order valence-electron chi connectivity index (χ2n) is 5.95. The molecule has 1 fully saturated rings. The maximum atomic E-state index is 6.16. The normalized spacial score (nSPS) is 17.2. The van der Waals surface area contributed by atoms with Gasteiger partial charge in [-0.25, -0.2) is 0 Å². The molecule has 0 saturated carbocycles. The summed E-state index contributed by atoms with van der Waals surface area (Å²) in [6, 6.07) is 17.0. The fourth-order valence-electron chi connectivity index (χ4n) is 3.08. The van der Waals surface area contributed by atoms with Crippen LogP contribution < -0.4 is 14.8 Å². The Morgan fingerprint density at radius 1 is 1.04 bits per heavy atom. The molecule has 0 amide bonds. The molecule has 0 radical (unpaired) electrons. The van der Waals surface area contributed by atoms with Crippen LogP contribution in [0.2, 0.25) is 0 Å². The van der Waals surface area contributed by atoms with Crippen LogP contribution in [0.15, 0.2) is 48.5 Å². The molecule has 1 aliphatic rings. The molecule has 0 bridgehead atoms. The third-order valence-electron chi connectivity index (χ3n) is 4.21. The van der Waals surface area contributed by atoms with Crippen molar-refractivity contribution in [2.24, 2.45) is 0 Å². The van der Waals surface area contributed by atoms with E-state index in [4.69, 9.17) is 9.47 Å². The fourth-order valence-corrected chi connectivity index (χ4v) is 3.08. The maximum Gasteiger partial charge on any atom is 0.164 e. The summed E-state index contributed by atoms with van der Waals surface area (Å²) in [7, 11) is 0. The van der Waals surface area contributed by atoms with Gasteiger partial charge in [-0.3, -0.25) is 0 Å². The summed E-state index contributed by atoms with van der Waals surface area (Å²) < 4.78 is 11.9. The van der Waals surface area contributed by atoms with Crippen LogP contribution in [0, 0.1) is 0 Å². The maximum absolute atomic E-state index is 6.16. The minimum Gasteiger partial charge on any atom is -0.490 e. The molecule has 2 aromatic carbocycles. The van der Waals surface area contributed by atoms with Crippen LogP contribution in [0.25, 0.3) is 0 Å². The molecule has 1 heterocycles. The summed E-state index contributed by atoms with van der Waals surface area (Å²) in [5.41, 5.74) is 2.40. The molecule has 3 nitrogen and oxygen atoms in total. The zero-order chi connectivity index (χ0) is 15.9. The first kappa shape index (κ1) is 15.9. The number of ether oxygens (including phenoxy) is 2. The van der Waals surface area contributed by atoms with Gasteiger partial charge in [-0.15, -0.1) is 0 Å². The van der Waals surface area contributed by atoms with E-state index < -0.39 is 0 Å². The van der Waals surface area contributed by atoms with Gasteiger partial charge in [0.05, 0.1) is 6.61 Å². The Bertz CT molecular complexity index is 606. The molecule has 2 aromatic rings. The molecule has 3 rings (SSSR count). The number of para-hydroxylation sites is 1. The summed E-state index contributed by atoms with van der Waals surface area (Å²) >= 11 is 0. The third-order valence-corrected chi connectivity index (χ3v) is 4.21. The van der Waals surface area contributed by atoms with Crippen molar-refractivity contribution >= 4 is 0 Å². The lowest BCUT2D eigenvalue weighted by Crippen LogP contribution is -2.24. The van der Waals surface area contributed by atoms with Crippen molar-refractivity contribution in [3.63, 3.8) is 0 Å². The molecule has 122 valence electrons. The average molecular weight is 311 g/mol. The Morgan fingerprint density at radius 3 is 2.65 bits per heavy atom. The van der Waals surface area contributed by atoms with Crippen LogP contribution >= 0.6 is 0 Å². The Hall–Kier alpha value is -2.00. The zero-order valence-corrected chi connectivity index (χ0v) is 13.8. The molecule has 1 N–H and O–H groups in total. The van der Waals surface area contributed by atoms with Crippen LogP contribution in [0.3, 0.4) is 0 Å². The number of nitrogens with one attached hydrogen (secondary N) is 1. The van der Waals surface area contributed by atoms with Crippen molar-refractivity contribution < 1.29 is 9.47 Å². The van der Waals surface area contributed by atoms with Gasteiger partial charge in [0.1, 0.15) is 6.61 Å². The third kappa shape index (κ3) is 4.26. The van der Waals surface area contributed by atoms with E-state index in [2.05, 4.69) is 29.6 Å². The molecule has 1 aliphatic heterocycles. The van der Waals surface area contributed by atoms with Gasteiger partial charge in [0.25, 0.3) is 0 Å². The van der Waals surface area contributed by atoms with Crippen LogP contribution in [-0.2, 0) is 13.0 Å². The molecule has 1 unspecified atom stereocenters. The van der Waals surface area contributed by atoms with E-state index in [-0.39, 0.29) is 0 Å². The minimum atomic E-state index is 0.547. The van der Waals surface area contributed by atoms with Gasteiger partial charge in [0.15, 0.2) is 11.5 Å². The Balaban J connectivity index is 1.78. The molecule has 1 saturated heterocycles. The number of benzene rings is 2. The standard InChI is InChI=1S/C20H25NO2/c1-2-22-19-12-6-10-17(14-18-11-7-13-21-18)20(19)23-15-16-8-4-3-5-9-16/h3-6,8-10,12,18,21H,2,7,11,13-15H2,1H3. The van der Waals surface area contributed by atoms with E-state index in [1.165, 1.54) is 24.0 Å². The lowest BCUT2D eigenvalue weighted by molar-refractivity contribution is 0.266. The highest BCUT2D eigenvalue weighted by molar-refractivity contribution is 5.47. The molecule has 0 spiro atoms. The van der Waals surface area contributed by atoms with Crippen molar-refractivity contribution in [1.82, 2.24) is 5.32 Å². The molecule has 0 aliphatic carbocycles. The summed E-state index contributed by atoms with van der Waals surface area (Å²) in [6.45, 7) is 4.34. The fraction of sp³-hybridized carbons (Fsp3) is 0.400. The predicted molar refractivity (Wildman–Crippen MR) is 93.1 cm³/mol. The van der Waals surface area contributed by atoms with Gasteiger partial charge >= 0.3 is 0 Å². The topological polar surface area (TPSA) is 30.5 Å². The molecular weight excluding hydrogens is 286 g/mol. The van der Waals surface area contributed by atoms with E-state index in [0.29, 0.717) is 19.3 Å². The largest absolute Gasteiger partial charge is 0.490 e. The molecule has 1 atom stereocenters. The van der Waals surface area contributed by atoms with Crippen LogP contribution in [0.4, 0.5) is 0 Å². The van der Waals surface area contributed by atoms with E-state index in [1.807, 2.05) is 31.2 Å². The van der Waals surface area contributed by atoms with Gasteiger partial charge in [-0.1, -0.05) is 42.5 Å². The van der Waals surface area contributed by atoms with Crippen LogP contribution in [0.1, 0.15) is 30.9 Å². The van der Waals surface area contributed by atoms with Crippen LogP contribution in [-0.4, -0.2) is 19.2 Å². The van der Waals surface area contributed by atoms with Crippen LogP contribution in [0.5, 0.6) is 11.5 Å². The van der Waals surface area contributed by atoms with Crippen molar-refractivity contribution in [2.45, 2.75) is 38.8 Å². The van der Waals surface area contributed by atoms with E-state index in [9.17, 15) is 0 Å². The second-order valence-corrected chi connectivity index (χ2v) is 5.95. The quantitative estimate of drug-likeness (QED) is 0.839. The number of hydrogen-bond acceptors (Lipinski definition) is 3. The molecule has 0 aromatic heterocycles. The van der Waals surface area contributed by atoms with Gasteiger partial charge < -0.3 is 14.8 Å². The highest BCUT2D eigenvalue weighted by Gasteiger charge is 2.19. The molecular formula is C20H25NO2. The highest BCUT2D eigenvalue weighted by atomic mass is 16.5. The van der Waals surface area contributed by atoms with Crippen molar-refractivity contribution in [1.29, 1.82) is 0 Å². The summed E-state index contributed by atoms with van der Waals surface area (Å²) in [4.78, 5) is 0. The summed E-state index contributed by atoms with van der Waals surface area (Å²) in [5, 5.41) is 3.56. The van der Waals surface area contributed by atoms with Crippen molar-refractivity contribution in [3.8, 4) is 11.5 Å². The molecule has 23 heavy (non-hydrogen) atoms. The first-order valence-corrected chi connectivity index (χ1v) is 8.51. The van der Waals surface area contributed by atoms with E-state index in [0.717, 1.165) is 24.5 Å². The predicted octanol–water partition coefficient (Wildman–Crippen LogP) is 3.96. The second kappa shape index (κ2) is 8.02. The SMILES string of the molecule is CCOc1cccc(CC2CCCN2)c1OCc1ccccc1. The highest BCUT2D eigenvalue weighted by Crippen LogP contribution is 2.33. The van der Waals surface area contributed by atoms with Gasteiger partial charge in [-0.2, -0.15) is 0 Å². The summed E-state index contributed by atoms with van der Waals surface area (Å²) in [5.74, 6) is 1.74. The minimum absolute atomic E-state index is 0.547. The zero-order valence-electron chi connectivity index (χ0n) is 13.8. The Kier molecular flexibility index (Phi) is 5.54. The first-order valence-electron chi connectivity index (χ1n) is 8.51. The summed E-state index contributed by atoms with van der Waals surface area (Å²) in [6.07, 6.45) is 3.48. The number of hydrogen-bond donors (Lipinski definition) is 1. The molecule has 3 heteroatoms. The average Bonchev–Trinajstić information content (AvgIpc) is 3.08. The van der Waals surface area contributed by atoms with Gasteiger partial charge in [-0.05, 0) is 49.9 Å². The first-order chi connectivity index (χ1) is 11.4.